The Balaban J connectivity index is 1.58. The number of aromatic nitrogens is 1. The zero-order valence-electron chi connectivity index (χ0n) is 21.1. The number of benzene rings is 3. The average molecular weight is 529 g/mol. The number of hydrogen-bond acceptors (Lipinski definition) is 5. The third-order valence-corrected chi connectivity index (χ3v) is 7.64. The SMILES string of the molecule is Cc1ccc(N(CC(=O)Nc2ccccc2C(=O)NCc2cccnc2)S(=O)(=O)c2ccccc2)c(C)c1. The lowest BCUT2D eigenvalue weighted by atomic mass is 10.1. The van der Waals surface area contributed by atoms with Crippen LogP contribution in [0.1, 0.15) is 27.0 Å². The first-order valence-corrected chi connectivity index (χ1v) is 13.4. The van der Waals surface area contributed by atoms with E-state index >= 15 is 0 Å². The molecule has 0 saturated heterocycles. The Kier molecular flexibility index (Phi) is 8.18. The molecule has 1 aromatic heterocycles. The molecule has 0 unspecified atom stereocenters. The molecule has 0 aliphatic carbocycles. The third kappa shape index (κ3) is 6.24. The summed E-state index contributed by atoms with van der Waals surface area (Å²) in [6, 6.07) is 23.5. The van der Waals surface area contributed by atoms with E-state index in [1.54, 1.807) is 80.0 Å². The first-order valence-electron chi connectivity index (χ1n) is 12.0. The molecule has 0 radical (unpaired) electrons. The number of nitrogens with zero attached hydrogens (tertiary/aromatic N) is 2. The van der Waals surface area contributed by atoms with E-state index in [1.165, 1.54) is 12.1 Å². The topological polar surface area (TPSA) is 108 Å². The number of carbonyl (C=O) groups excluding carboxylic acids is 2. The smallest absolute Gasteiger partial charge is 0.264 e. The monoisotopic (exact) mass is 528 g/mol. The lowest BCUT2D eigenvalue weighted by Gasteiger charge is -2.26. The zero-order valence-corrected chi connectivity index (χ0v) is 21.9. The molecule has 38 heavy (non-hydrogen) atoms. The Hall–Kier alpha value is -4.50. The van der Waals surface area contributed by atoms with Crippen LogP contribution in [-0.4, -0.2) is 31.8 Å². The van der Waals surface area contributed by atoms with Crippen molar-refractivity contribution in [3.63, 3.8) is 0 Å². The zero-order chi connectivity index (χ0) is 27.1. The van der Waals surface area contributed by atoms with Crippen molar-refractivity contribution in [1.29, 1.82) is 0 Å². The second-order valence-electron chi connectivity index (χ2n) is 8.75. The maximum atomic E-state index is 13.6. The number of pyridine rings is 1. The van der Waals surface area contributed by atoms with Crippen molar-refractivity contribution >= 4 is 33.2 Å². The summed E-state index contributed by atoms with van der Waals surface area (Å²) in [5.41, 5.74) is 3.45. The van der Waals surface area contributed by atoms with Gasteiger partial charge < -0.3 is 10.6 Å². The molecule has 8 nitrogen and oxygen atoms in total. The molecule has 2 N–H and O–H groups in total. The van der Waals surface area contributed by atoms with Gasteiger partial charge in [0.2, 0.25) is 5.91 Å². The minimum Gasteiger partial charge on any atom is -0.348 e. The van der Waals surface area contributed by atoms with Gasteiger partial charge in [0, 0.05) is 18.9 Å². The fraction of sp³-hybridized carbons (Fsp3) is 0.138. The van der Waals surface area contributed by atoms with Gasteiger partial charge in [0.25, 0.3) is 15.9 Å². The summed E-state index contributed by atoms with van der Waals surface area (Å²) < 4.78 is 28.4. The molecule has 0 aliphatic rings. The molecule has 194 valence electrons. The highest BCUT2D eigenvalue weighted by atomic mass is 32.2. The molecule has 2 amide bonds. The molecular formula is C29H28N4O4S. The van der Waals surface area contributed by atoms with Crippen LogP contribution < -0.4 is 14.9 Å². The van der Waals surface area contributed by atoms with Crippen molar-refractivity contribution in [2.45, 2.75) is 25.3 Å². The third-order valence-electron chi connectivity index (χ3n) is 5.86. The maximum Gasteiger partial charge on any atom is 0.264 e. The number of para-hydroxylation sites is 1. The van der Waals surface area contributed by atoms with Crippen LogP contribution in [0.4, 0.5) is 11.4 Å². The van der Waals surface area contributed by atoms with E-state index < -0.39 is 22.5 Å². The van der Waals surface area contributed by atoms with Crippen molar-refractivity contribution in [2.24, 2.45) is 0 Å². The van der Waals surface area contributed by atoms with Crippen LogP contribution in [0.15, 0.2) is 102 Å². The highest BCUT2D eigenvalue weighted by Gasteiger charge is 2.28. The van der Waals surface area contributed by atoms with Crippen LogP contribution in [0.5, 0.6) is 0 Å². The summed E-state index contributed by atoms with van der Waals surface area (Å²) >= 11 is 0. The summed E-state index contributed by atoms with van der Waals surface area (Å²) in [5.74, 6) is -0.968. The van der Waals surface area contributed by atoms with Gasteiger partial charge in [-0.1, -0.05) is 54.1 Å². The minimum absolute atomic E-state index is 0.0722. The van der Waals surface area contributed by atoms with Crippen LogP contribution in [0, 0.1) is 13.8 Å². The number of anilines is 2. The van der Waals surface area contributed by atoms with Gasteiger partial charge >= 0.3 is 0 Å². The summed E-state index contributed by atoms with van der Waals surface area (Å²) in [7, 11) is -4.06. The van der Waals surface area contributed by atoms with Gasteiger partial charge in [-0.25, -0.2) is 8.42 Å². The Labute approximate surface area is 222 Å². The predicted octanol–water partition coefficient (Wildman–Crippen LogP) is 4.46. The van der Waals surface area contributed by atoms with Crippen LogP contribution in [0.2, 0.25) is 0 Å². The van der Waals surface area contributed by atoms with E-state index in [-0.39, 0.29) is 28.6 Å². The summed E-state index contributed by atoms with van der Waals surface area (Å²) in [4.78, 5) is 30.3. The first-order chi connectivity index (χ1) is 18.3. The summed E-state index contributed by atoms with van der Waals surface area (Å²) in [6.07, 6.45) is 3.30. The Morgan fingerprint density at radius 3 is 2.34 bits per heavy atom. The number of nitrogens with one attached hydrogen (secondary N) is 2. The van der Waals surface area contributed by atoms with Crippen molar-refractivity contribution in [1.82, 2.24) is 10.3 Å². The van der Waals surface area contributed by atoms with E-state index in [4.69, 9.17) is 0 Å². The Morgan fingerprint density at radius 2 is 1.63 bits per heavy atom. The lowest BCUT2D eigenvalue weighted by molar-refractivity contribution is -0.114. The molecule has 4 rings (SSSR count). The van der Waals surface area contributed by atoms with Crippen LogP contribution >= 0.6 is 0 Å². The van der Waals surface area contributed by atoms with Gasteiger partial charge in [-0.2, -0.15) is 0 Å². The molecule has 3 aromatic carbocycles. The fourth-order valence-electron chi connectivity index (χ4n) is 4.00. The van der Waals surface area contributed by atoms with Gasteiger partial charge in [-0.15, -0.1) is 0 Å². The second-order valence-corrected chi connectivity index (χ2v) is 10.6. The molecule has 0 aliphatic heterocycles. The van der Waals surface area contributed by atoms with Gasteiger partial charge in [-0.3, -0.25) is 18.9 Å². The van der Waals surface area contributed by atoms with Crippen molar-refractivity contribution < 1.29 is 18.0 Å². The predicted molar refractivity (Wildman–Crippen MR) is 147 cm³/mol. The van der Waals surface area contributed by atoms with Crippen molar-refractivity contribution in [3.05, 3.63) is 120 Å². The van der Waals surface area contributed by atoms with Gasteiger partial charge in [-0.05, 0) is 61.4 Å². The highest BCUT2D eigenvalue weighted by molar-refractivity contribution is 7.92. The summed E-state index contributed by atoms with van der Waals surface area (Å²) in [5, 5.41) is 5.54. The lowest BCUT2D eigenvalue weighted by Crippen LogP contribution is -2.39. The number of carbonyl (C=O) groups is 2. The minimum atomic E-state index is -4.06. The molecule has 0 saturated carbocycles. The van der Waals surface area contributed by atoms with E-state index in [0.717, 1.165) is 15.4 Å². The van der Waals surface area contributed by atoms with Crippen LogP contribution in [0.3, 0.4) is 0 Å². The van der Waals surface area contributed by atoms with Gasteiger partial charge in [0.1, 0.15) is 6.54 Å². The van der Waals surface area contributed by atoms with E-state index in [1.807, 2.05) is 19.1 Å². The Morgan fingerprint density at radius 1 is 0.895 bits per heavy atom. The number of amides is 2. The molecule has 0 spiro atoms. The van der Waals surface area contributed by atoms with Crippen LogP contribution in [0.25, 0.3) is 0 Å². The molecule has 0 fully saturated rings. The van der Waals surface area contributed by atoms with Crippen LogP contribution in [-0.2, 0) is 21.4 Å². The molecule has 0 bridgehead atoms. The normalized spacial score (nSPS) is 11.0. The fourth-order valence-corrected chi connectivity index (χ4v) is 5.50. The largest absolute Gasteiger partial charge is 0.348 e. The number of hydrogen-bond donors (Lipinski definition) is 2. The molecule has 0 atom stereocenters. The summed E-state index contributed by atoms with van der Waals surface area (Å²) in [6.45, 7) is 3.50. The first kappa shape index (κ1) is 26.6. The maximum absolute atomic E-state index is 13.6. The molecule has 9 heteroatoms. The van der Waals surface area contributed by atoms with Crippen molar-refractivity contribution in [2.75, 3.05) is 16.2 Å². The number of sulfonamides is 1. The highest BCUT2D eigenvalue weighted by Crippen LogP contribution is 2.28. The second kappa shape index (κ2) is 11.7. The van der Waals surface area contributed by atoms with E-state index in [2.05, 4.69) is 15.6 Å². The molecule has 1 heterocycles. The molecular weight excluding hydrogens is 500 g/mol. The quantitative estimate of drug-likeness (QED) is 0.333. The van der Waals surface area contributed by atoms with Gasteiger partial charge in [0.15, 0.2) is 0 Å². The standard InChI is InChI=1S/C29H28N4O4S/c1-21-14-15-27(22(2)17-21)33(38(36,37)24-10-4-3-5-11-24)20-28(34)32-26-13-7-6-12-25(26)29(35)31-19-23-9-8-16-30-18-23/h3-18H,19-20H2,1-2H3,(H,31,35)(H,32,34). The van der Waals surface area contributed by atoms with Gasteiger partial charge in [0.05, 0.1) is 21.8 Å². The molecule has 4 aromatic rings. The van der Waals surface area contributed by atoms with E-state index in [9.17, 15) is 18.0 Å². The van der Waals surface area contributed by atoms with E-state index in [0.29, 0.717) is 11.3 Å². The van der Waals surface area contributed by atoms with Crippen molar-refractivity contribution in [3.8, 4) is 0 Å². The number of rotatable bonds is 9. The average Bonchev–Trinajstić information content (AvgIpc) is 2.92. The Bertz CT molecular complexity index is 1540. The number of aryl methyl sites for hydroxylation is 2.